The Morgan fingerprint density at radius 1 is 1.29 bits per heavy atom. The number of hydrogen-bond donors (Lipinski definition) is 2. The van der Waals surface area contributed by atoms with Gasteiger partial charge in [0.1, 0.15) is 12.0 Å². The van der Waals surface area contributed by atoms with E-state index >= 15 is 0 Å². The molecule has 4 aromatic rings. The summed E-state index contributed by atoms with van der Waals surface area (Å²) in [4.78, 5) is 21.3. The van der Waals surface area contributed by atoms with Crippen molar-refractivity contribution in [2.45, 2.75) is 13.5 Å². The molecule has 0 atom stereocenters. The van der Waals surface area contributed by atoms with Crippen LogP contribution in [0.1, 0.15) is 21.7 Å². The third kappa shape index (κ3) is 3.22. The highest BCUT2D eigenvalue weighted by Crippen LogP contribution is 2.34. The smallest absolute Gasteiger partial charge is 0.277 e. The lowest BCUT2D eigenvalue weighted by atomic mass is 10.0. The molecule has 4 rings (SSSR count). The minimum Gasteiger partial charge on any atom is -0.363 e. The van der Waals surface area contributed by atoms with Crippen molar-refractivity contribution in [3.05, 3.63) is 63.7 Å². The van der Waals surface area contributed by atoms with Crippen LogP contribution in [-0.2, 0) is 6.54 Å². The Kier molecular flexibility index (Phi) is 4.76. The number of hydrogen-bond acceptors (Lipinski definition) is 6. The number of nitrogens with zero attached hydrogens (tertiary/aromatic N) is 4. The van der Waals surface area contributed by atoms with Crippen molar-refractivity contribution in [3.8, 4) is 11.3 Å². The molecule has 1 amide bonds. The Hall–Kier alpha value is -2.94. The zero-order valence-corrected chi connectivity index (χ0v) is 16.1. The molecule has 0 saturated heterocycles. The van der Waals surface area contributed by atoms with Crippen molar-refractivity contribution in [2.75, 3.05) is 5.32 Å². The second-order valence-corrected chi connectivity index (χ2v) is 6.83. The number of anilines is 1. The molecule has 0 fully saturated rings. The average molecular weight is 417 g/mol. The maximum absolute atomic E-state index is 12.5. The van der Waals surface area contributed by atoms with E-state index in [0.717, 1.165) is 5.56 Å². The molecular weight excluding hydrogens is 403 g/mol. The Morgan fingerprint density at radius 2 is 2.11 bits per heavy atom. The highest BCUT2D eigenvalue weighted by Gasteiger charge is 2.20. The van der Waals surface area contributed by atoms with Crippen molar-refractivity contribution in [2.24, 2.45) is 5.73 Å². The molecule has 3 heterocycles. The number of nitrogens with one attached hydrogen (secondary N) is 1. The molecule has 0 bridgehead atoms. The van der Waals surface area contributed by atoms with E-state index in [9.17, 15) is 4.79 Å². The molecule has 0 unspecified atom stereocenters. The first-order chi connectivity index (χ1) is 13.5. The Morgan fingerprint density at radius 3 is 2.79 bits per heavy atom. The number of amides is 1. The lowest BCUT2D eigenvalue weighted by Gasteiger charge is -2.14. The highest BCUT2D eigenvalue weighted by molar-refractivity contribution is 6.36. The standard InChI is InChI=1S/C18H14Cl2N6O2/c1-9-12(7-21)16(11-3-2-10(19)6-13(11)20)26-8-14(23-18(26)22-9)17(27)24-15-4-5-28-25-15/h2-6,8H,7,21H2,1H3,(H,24,25,27). The number of carbonyl (C=O) groups is 1. The van der Waals surface area contributed by atoms with Crippen LogP contribution in [0.4, 0.5) is 5.82 Å². The van der Waals surface area contributed by atoms with Crippen molar-refractivity contribution in [1.29, 1.82) is 0 Å². The summed E-state index contributed by atoms with van der Waals surface area (Å²) in [6.45, 7) is 2.07. The van der Waals surface area contributed by atoms with Crippen LogP contribution in [0.3, 0.4) is 0 Å². The minimum absolute atomic E-state index is 0.162. The first-order valence-electron chi connectivity index (χ1n) is 8.23. The average Bonchev–Trinajstić information content (AvgIpc) is 3.30. The second kappa shape index (κ2) is 7.23. The fourth-order valence-corrected chi connectivity index (χ4v) is 3.43. The quantitative estimate of drug-likeness (QED) is 0.524. The summed E-state index contributed by atoms with van der Waals surface area (Å²) < 4.78 is 6.41. The van der Waals surface area contributed by atoms with Gasteiger partial charge in [0, 0.05) is 40.7 Å². The van der Waals surface area contributed by atoms with Crippen LogP contribution in [0.5, 0.6) is 0 Å². The molecule has 0 aliphatic heterocycles. The molecule has 3 aromatic heterocycles. The molecule has 0 aliphatic carbocycles. The minimum atomic E-state index is -0.445. The number of halogens is 2. The fraction of sp³-hybridized carbons (Fsp3) is 0.111. The van der Waals surface area contributed by atoms with E-state index in [0.29, 0.717) is 32.8 Å². The van der Waals surface area contributed by atoms with Gasteiger partial charge in [-0.05, 0) is 25.1 Å². The van der Waals surface area contributed by atoms with Crippen LogP contribution < -0.4 is 11.1 Å². The molecule has 0 saturated carbocycles. The van der Waals surface area contributed by atoms with E-state index in [1.807, 2.05) is 6.92 Å². The van der Waals surface area contributed by atoms with Crippen LogP contribution in [0.15, 0.2) is 41.2 Å². The molecule has 10 heteroatoms. The van der Waals surface area contributed by atoms with Crippen molar-refractivity contribution in [1.82, 2.24) is 19.5 Å². The van der Waals surface area contributed by atoms with Gasteiger partial charge in [0.2, 0.25) is 5.78 Å². The fourth-order valence-electron chi connectivity index (χ4n) is 2.93. The van der Waals surface area contributed by atoms with Gasteiger partial charge in [-0.25, -0.2) is 9.97 Å². The zero-order valence-electron chi connectivity index (χ0n) is 14.6. The van der Waals surface area contributed by atoms with Gasteiger partial charge in [-0.15, -0.1) is 0 Å². The van der Waals surface area contributed by atoms with Gasteiger partial charge in [0.05, 0.1) is 10.7 Å². The van der Waals surface area contributed by atoms with Gasteiger partial charge in [-0.1, -0.05) is 28.4 Å². The predicted molar refractivity (Wildman–Crippen MR) is 106 cm³/mol. The second-order valence-electron chi connectivity index (χ2n) is 5.99. The lowest BCUT2D eigenvalue weighted by Crippen LogP contribution is -2.12. The topological polar surface area (TPSA) is 111 Å². The van der Waals surface area contributed by atoms with E-state index in [2.05, 4.69) is 20.4 Å². The largest absolute Gasteiger partial charge is 0.363 e. The maximum Gasteiger partial charge on any atom is 0.277 e. The number of benzene rings is 1. The number of carbonyl (C=O) groups excluding carboxylic acids is 1. The Balaban J connectivity index is 1.89. The summed E-state index contributed by atoms with van der Waals surface area (Å²) in [5, 5.41) is 7.24. The molecule has 1 aromatic carbocycles. The van der Waals surface area contributed by atoms with E-state index in [-0.39, 0.29) is 18.1 Å². The Bertz CT molecular complexity index is 1190. The number of nitrogens with two attached hydrogens (primary N) is 1. The first kappa shape index (κ1) is 18.4. The number of imidazole rings is 1. The molecule has 0 aliphatic rings. The third-order valence-corrected chi connectivity index (χ3v) is 4.77. The number of aryl methyl sites for hydroxylation is 1. The normalized spacial score (nSPS) is 11.1. The van der Waals surface area contributed by atoms with Crippen molar-refractivity contribution < 1.29 is 9.32 Å². The summed E-state index contributed by atoms with van der Waals surface area (Å²) in [6.07, 6.45) is 2.94. The molecule has 0 spiro atoms. The SMILES string of the molecule is Cc1nc2nc(C(=O)Nc3ccon3)cn2c(-c2ccc(Cl)cc2Cl)c1CN. The van der Waals surface area contributed by atoms with Gasteiger partial charge in [-0.2, -0.15) is 0 Å². The van der Waals surface area contributed by atoms with Crippen molar-refractivity contribution in [3.63, 3.8) is 0 Å². The molecule has 3 N–H and O–H groups in total. The maximum atomic E-state index is 12.5. The monoisotopic (exact) mass is 416 g/mol. The van der Waals surface area contributed by atoms with E-state index in [1.165, 1.54) is 12.3 Å². The first-order valence-corrected chi connectivity index (χ1v) is 8.99. The van der Waals surface area contributed by atoms with Crippen LogP contribution >= 0.6 is 23.2 Å². The van der Waals surface area contributed by atoms with Gasteiger partial charge >= 0.3 is 0 Å². The number of fused-ring (bicyclic) bond motifs is 1. The summed E-state index contributed by atoms with van der Waals surface area (Å²) >= 11 is 12.5. The summed E-state index contributed by atoms with van der Waals surface area (Å²) in [7, 11) is 0. The molecule has 0 radical (unpaired) electrons. The van der Waals surface area contributed by atoms with Gasteiger partial charge in [0.25, 0.3) is 5.91 Å². The van der Waals surface area contributed by atoms with E-state index < -0.39 is 5.91 Å². The van der Waals surface area contributed by atoms with Crippen LogP contribution in [-0.4, -0.2) is 25.4 Å². The molecule has 142 valence electrons. The Labute approximate surface area is 169 Å². The third-order valence-electron chi connectivity index (χ3n) is 4.22. The summed E-state index contributed by atoms with van der Waals surface area (Å²) in [5.41, 5.74) is 9.05. The van der Waals surface area contributed by atoms with E-state index in [1.54, 1.807) is 28.8 Å². The van der Waals surface area contributed by atoms with Crippen molar-refractivity contribution >= 4 is 40.7 Å². The zero-order chi connectivity index (χ0) is 19.8. The predicted octanol–water partition coefficient (Wildman–Crippen LogP) is 3.71. The summed E-state index contributed by atoms with van der Waals surface area (Å²) in [6, 6.07) is 6.71. The molecular formula is C18H14Cl2N6O2. The van der Waals surface area contributed by atoms with Gasteiger partial charge in [-0.3, -0.25) is 9.20 Å². The molecule has 8 nitrogen and oxygen atoms in total. The van der Waals surface area contributed by atoms with Crippen LogP contribution in [0, 0.1) is 6.92 Å². The number of aromatic nitrogens is 4. The van der Waals surface area contributed by atoms with Gasteiger partial charge in [0.15, 0.2) is 5.82 Å². The lowest BCUT2D eigenvalue weighted by molar-refractivity contribution is 0.102. The van der Waals surface area contributed by atoms with Crippen LogP contribution in [0.2, 0.25) is 10.0 Å². The van der Waals surface area contributed by atoms with Gasteiger partial charge < -0.3 is 15.6 Å². The van der Waals surface area contributed by atoms with E-state index in [4.69, 9.17) is 33.5 Å². The number of rotatable bonds is 4. The summed E-state index contributed by atoms with van der Waals surface area (Å²) in [5.74, 6) is 0.190. The highest BCUT2D eigenvalue weighted by atomic mass is 35.5. The van der Waals surface area contributed by atoms with Crippen LogP contribution in [0.25, 0.3) is 17.0 Å². The molecule has 28 heavy (non-hydrogen) atoms.